The van der Waals surface area contributed by atoms with Crippen LogP contribution in [0.5, 0.6) is 11.5 Å². The van der Waals surface area contributed by atoms with Crippen LogP contribution in [0.2, 0.25) is 0 Å². The highest BCUT2D eigenvalue weighted by molar-refractivity contribution is 6.07. The third kappa shape index (κ3) is 5.65. The Hall–Kier alpha value is -3.61. The summed E-state index contributed by atoms with van der Waals surface area (Å²) in [5.74, 6) is -0.595. The molecule has 0 saturated heterocycles. The second kappa shape index (κ2) is 11.1. The van der Waals surface area contributed by atoms with E-state index in [2.05, 4.69) is 13.2 Å². The van der Waals surface area contributed by atoms with Gasteiger partial charge in [-0.2, -0.15) is 0 Å². The average molecular weight is 548 g/mol. The van der Waals surface area contributed by atoms with Crippen LogP contribution in [0.1, 0.15) is 77.3 Å². The molecule has 214 valence electrons. The molecule has 3 aliphatic rings. The Kier molecular flexibility index (Phi) is 8.16. The number of carbonyl (C=O) groups is 3. The minimum absolute atomic E-state index is 0.0500. The van der Waals surface area contributed by atoms with Gasteiger partial charge in [0.2, 0.25) is 0 Å². The minimum Gasteiger partial charge on any atom is -0.490 e. The van der Waals surface area contributed by atoms with E-state index < -0.39 is 11.9 Å². The van der Waals surface area contributed by atoms with Gasteiger partial charge in [0.05, 0.1) is 6.61 Å². The molecule has 7 nitrogen and oxygen atoms in total. The molecule has 0 fully saturated rings. The molecule has 4 rings (SSSR count). The molecule has 0 bridgehead atoms. The zero-order valence-corrected chi connectivity index (χ0v) is 24.4. The zero-order valence-electron chi connectivity index (χ0n) is 24.4. The number of benzene rings is 1. The molecule has 7 heteroatoms. The van der Waals surface area contributed by atoms with Crippen molar-refractivity contribution in [3.05, 3.63) is 71.1 Å². The molecule has 1 aromatic carbocycles. The van der Waals surface area contributed by atoms with Crippen molar-refractivity contribution in [3.8, 4) is 11.5 Å². The molecule has 0 aromatic heterocycles. The third-order valence-electron chi connectivity index (χ3n) is 7.81. The van der Waals surface area contributed by atoms with Gasteiger partial charge in [-0.25, -0.2) is 0 Å². The van der Waals surface area contributed by atoms with Gasteiger partial charge in [-0.05, 0) is 48.6 Å². The third-order valence-corrected chi connectivity index (χ3v) is 7.81. The number of aliphatic carboxylic acids is 1. The maximum absolute atomic E-state index is 13.9. The Balaban J connectivity index is 2.05. The Morgan fingerprint density at radius 2 is 1.55 bits per heavy atom. The van der Waals surface area contributed by atoms with Gasteiger partial charge in [0.25, 0.3) is 0 Å². The van der Waals surface area contributed by atoms with Gasteiger partial charge in [0.15, 0.2) is 23.1 Å². The highest BCUT2D eigenvalue weighted by Gasteiger charge is 2.49. The number of carboxylic acid groups (broad SMARTS) is 1. The van der Waals surface area contributed by atoms with E-state index in [0.717, 1.165) is 11.1 Å². The van der Waals surface area contributed by atoms with Crippen molar-refractivity contribution in [2.24, 2.45) is 10.8 Å². The van der Waals surface area contributed by atoms with Crippen molar-refractivity contribution < 1.29 is 29.0 Å². The first-order valence-electron chi connectivity index (χ1n) is 14.0. The van der Waals surface area contributed by atoms with Gasteiger partial charge in [-0.3, -0.25) is 14.4 Å². The lowest BCUT2D eigenvalue weighted by molar-refractivity contribution is -0.138. The number of ketones is 2. The molecule has 0 saturated carbocycles. The molecule has 1 aromatic rings. The highest BCUT2D eigenvalue weighted by atomic mass is 16.5. The maximum atomic E-state index is 13.9. The van der Waals surface area contributed by atoms with Gasteiger partial charge in [-0.15, -0.1) is 6.58 Å². The monoisotopic (exact) mass is 547 g/mol. The van der Waals surface area contributed by atoms with Gasteiger partial charge < -0.3 is 19.5 Å². The standard InChI is InChI=1S/C33H41NO6/c1-8-11-20-13-21(14-26(39-10-3)31(20)40-12-9-2)28-29-22(15-32(4,5)17-24(29)35)34(19-27(37)38)23-16-33(6,7)18-25(36)30(23)28/h8-9,13-14,28H,1-2,10-12,15-19H2,3-7H3,(H,37,38). The van der Waals surface area contributed by atoms with Crippen molar-refractivity contribution in [3.63, 3.8) is 0 Å². The van der Waals surface area contributed by atoms with E-state index in [1.54, 1.807) is 17.1 Å². The lowest BCUT2D eigenvalue weighted by Crippen LogP contribution is -2.45. The fourth-order valence-electron chi connectivity index (χ4n) is 6.43. The number of ether oxygens (including phenoxy) is 2. The van der Waals surface area contributed by atoms with Crippen LogP contribution in [0, 0.1) is 10.8 Å². The molecule has 0 radical (unpaired) electrons. The molecule has 40 heavy (non-hydrogen) atoms. The number of hydrogen-bond acceptors (Lipinski definition) is 6. The summed E-state index contributed by atoms with van der Waals surface area (Å²) in [6.07, 6.45) is 5.68. The van der Waals surface area contributed by atoms with Crippen LogP contribution < -0.4 is 9.47 Å². The summed E-state index contributed by atoms with van der Waals surface area (Å²) < 4.78 is 12.0. The first kappa shape index (κ1) is 29.4. The minimum atomic E-state index is -1.00. The second-order valence-electron chi connectivity index (χ2n) is 12.5. The molecule has 1 N–H and O–H groups in total. The van der Waals surface area contributed by atoms with Gasteiger partial charge in [0.1, 0.15) is 13.2 Å². The second-order valence-corrected chi connectivity index (χ2v) is 12.5. The lowest BCUT2D eigenvalue weighted by atomic mass is 9.63. The van der Waals surface area contributed by atoms with E-state index in [1.807, 2.05) is 46.8 Å². The SMILES string of the molecule is C=CCOc1c(CC=C)cc(C2C3=C(CC(C)(C)CC3=O)N(CC(=O)O)C3=C2C(=O)CC(C)(C)C3)cc1OCC. The Bertz CT molecular complexity index is 1270. The summed E-state index contributed by atoms with van der Waals surface area (Å²) in [5.41, 5.74) is 3.41. The van der Waals surface area contributed by atoms with Crippen LogP contribution in [0.4, 0.5) is 0 Å². The topological polar surface area (TPSA) is 93.1 Å². The zero-order chi connectivity index (χ0) is 29.4. The van der Waals surface area contributed by atoms with E-state index in [0.29, 0.717) is 79.4 Å². The van der Waals surface area contributed by atoms with Crippen molar-refractivity contribution in [2.45, 2.75) is 72.6 Å². The van der Waals surface area contributed by atoms with Crippen molar-refractivity contribution >= 4 is 17.5 Å². The van der Waals surface area contributed by atoms with Crippen LogP contribution in [0.3, 0.4) is 0 Å². The molecule has 2 aliphatic carbocycles. The van der Waals surface area contributed by atoms with Crippen LogP contribution in [-0.2, 0) is 20.8 Å². The number of rotatable bonds is 10. The summed E-state index contributed by atoms with van der Waals surface area (Å²) >= 11 is 0. The normalized spacial score (nSPS) is 20.2. The van der Waals surface area contributed by atoms with Crippen LogP contribution >= 0.6 is 0 Å². The largest absolute Gasteiger partial charge is 0.490 e. The summed E-state index contributed by atoms with van der Waals surface area (Å²) in [6, 6.07) is 3.86. The average Bonchev–Trinajstić information content (AvgIpc) is 2.83. The number of nitrogens with zero attached hydrogens (tertiary/aromatic N) is 1. The van der Waals surface area contributed by atoms with E-state index in [1.165, 1.54) is 0 Å². The van der Waals surface area contributed by atoms with Gasteiger partial charge >= 0.3 is 5.97 Å². The van der Waals surface area contributed by atoms with Crippen LogP contribution in [0.25, 0.3) is 0 Å². The van der Waals surface area contributed by atoms with E-state index in [4.69, 9.17) is 9.47 Å². The maximum Gasteiger partial charge on any atom is 0.323 e. The number of Topliss-reactive ketones (excluding diaryl/α,β-unsaturated/α-hetero) is 2. The summed E-state index contributed by atoms with van der Waals surface area (Å²) in [7, 11) is 0. The fraction of sp³-hybridized carbons (Fsp3) is 0.485. The summed E-state index contributed by atoms with van der Waals surface area (Å²) in [6.45, 7) is 18.1. The van der Waals surface area contributed by atoms with E-state index >= 15 is 0 Å². The predicted octanol–water partition coefficient (Wildman–Crippen LogP) is 6.15. The van der Waals surface area contributed by atoms with Gasteiger partial charge in [-0.1, -0.05) is 52.5 Å². The molecule has 0 amide bonds. The Labute approximate surface area is 237 Å². The predicted molar refractivity (Wildman–Crippen MR) is 154 cm³/mol. The molecular formula is C33H41NO6. The first-order valence-corrected chi connectivity index (χ1v) is 14.0. The van der Waals surface area contributed by atoms with Crippen LogP contribution in [-0.4, -0.2) is 47.3 Å². The number of carboxylic acids is 1. The van der Waals surface area contributed by atoms with Crippen LogP contribution in [0.15, 0.2) is 60.0 Å². The summed E-state index contributed by atoms with van der Waals surface area (Å²) in [4.78, 5) is 41.8. The molecule has 1 heterocycles. The number of allylic oxidation sites excluding steroid dienone is 5. The molecular weight excluding hydrogens is 506 g/mol. The smallest absolute Gasteiger partial charge is 0.323 e. The molecule has 0 atom stereocenters. The lowest BCUT2D eigenvalue weighted by Gasteiger charge is -2.48. The van der Waals surface area contributed by atoms with Crippen molar-refractivity contribution in [1.29, 1.82) is 0 Å². The Morgan fingerprint density at radius 1 is 0.975 bits per heavy atom. The Morgan fingerprint density at radius 3 is 2.02 bits per heavy atom. The number of carbonyl (C=O) groups excluding carboxylic acids is 2. The fourth-order valence-corrected chi connectivity index (χ4v) is 6.43. The van der Waals surface area contributed by atoms with E-state index in [9.17, 15) is 19.5 Å². The summed E-state index contributed by atoms with van der Waals surface area (Å²) in [5, 5.41) is 9.91. The van der Waals surface area contributed by atoms with E-state index in [-0.39, 0.29) is 28.9 Å². The van der Waals surface area contributed by atoms with Crippen molar-refractivity contribution in [2.75, 3.05) is 19.8 Å². The molecule has 1 aliphatic heterocycles. The quantitative estimate of drug-likeness (QED) is 0.351. The molecule has 0 unspecified atom stereocenters. The van der Waals surface area contributed by atoms with Crippen molar-refractivity contribution in [1.82, 2.24) is 4.90 Å². The first-order chi connectivity index (χ1) is 18.8. The molecule has 0 spiro atoms. The highest BCUT2D eigenvalue weighted by Crippen LogP contribution is 2.55. The van der Waals surface area contributed by atoms with Gasteiger partial charge in [0, 0.05) is 46.9 Å². The number of hydrogen-bond donors (Lipinski definition) is 1.